The van der Waals surface area contributed by atoms with Crippen LogP contribution < -0.4 is 11.1 Å². The lowest BCUT2D eigenvalue weighted by Gasteiger charge is -2.20. The second kappa shape index (κ2) is 9.78. The predicted molar refractivity (Wildman–Crippen MR) is 134 cm³/mol. The van der Waals surface area contributed by atoms with Crippen LogP contribution in [-0.2, 0) is 19.0 Å². The van der Waals surface area contributed by atoms with Crippen LogP contribution in [0.2, 0.25) is 0 Å². The first-order chi connectivity index (χ1) is 17.8. The lowest BCUT2D eigenvalue weighted by Crippen LogP contribution is -2.35. The minimum atomic E-state index is -0.912. The summed E-state index contributed by atoms with van der Waals surface area (Å²) in [5.74, 6) is 0.299. The number of rotatable bonds is 8. The molecule has 0 bridgehead atoms. The van der Waals surface area contributed by atoms with E-state index in [4.69, 9.17) is 14.6 Å². The van der Waals surface area contributed by atoms with Crippen molar-refractivity contribution in [1.29, 1.82) is 0 Å². The molecule has 4 aromatic heterocycles. The maximum absolute atomic E-state index is 13.2. The Balaban J connectivity index is 1.46. The van der Waals surface area contributed by atoms with Gasteiger partial charge in [-0.1, -0.05) is 30.3 Å². The lowest BCUT2D eigenvalue weighted by molar-refractivity contribution is 0.0939. The van der Waals surface area contributed by atoms with E-state index in [2.05, 4.69) is 30.6 Å². The molecule has 188 valence electrons. The van der Waals surface area contributed by atoms with Crippen molar-refractivity contribution >= 4 is 5.91 Å². The SMILES string of the molecule is CC(NC(=O)c1cc(-c2ncco2)nc(-c2nnc([C@@](C)(N)Cc3ccccc3)o2)c1)c1ccn(C)n1. The summed E-state index contributed by atoms with van der Waals surface area (Å²) in [5, 5.41) is 15.7. The van der Waals surface area contributed by atoms with Gasteiger partial charge in [-0.15, -0.1) is 10.2 Å². The first-order valence-electron chi connectivity index (χ1n) is 11.7. The third-order valence-electron chi connectivity index (χ3n) is 5.81. The number of oxazole rings is 1. The summed E-state index contributed by atoms with van der Waals surface area (Å²) in [6, 6.07) is 14.5. The number of pyridine rings is 1. The number of hydrogen-bond donors (Lipinski definition) is 2. The maximum atomic E-state index is 13.2. The van der Waals surface area contributed by atoms with Crippen LogP contribution in [0.4, 0.5) is 0 Å². The molecule has 0 fully saturated rings. The van der Waals surface area contributed by atoms with Gasteiger partial charge in [0.1, 0.15) is 17.7 Å². The first-order valence-corrected chi connectivity index (χ1v) is 11.7. The minimum absolute atomic E-state index is 0.125. The molecule has 1 amide bonds. The van der Waals surface area contributed by atoms with Gasteiger partial charge in [0.25, 0.3) is 11.8 Å². The second-order valence-electron chi connectivity index (χ2n) is 9.07. The van der Waals surface area contributed by atoms with Gasteiger partial charge >= 0.3 is 0 Å². The summed E-state index contributed by atoms with van der Waals surface area (Å²) in [7, 11) is 1.82. The van der Waals surface area contributed by atoms with Crippen LogP contribution in [0.1, 0.15) is 47.4 Å². The average Bonchev–Trinajstić information content (AvgIpc) is 3.66. The molecule has 5 aromatic rings. The van der Waals surface area contributed by atoms with Gasteiger partial charge in [0.2, 0.25) is 11.8 Å². The van der Waals surface area contributed by atoms with Gasteiger partial charge in [0.05, 0.1) is 23.5 Å². The molecule has 0 saturated carbocycles. The number of aromatic nitrogens is 6. The Kier molecular flexibility index (Phi) is 6.36. The molecule has 11 heteroatoms. The Labute approximate surface area is 212 Å². The fourth-order valence-electron chi connectivity index (χ4n) is 3.90. The van der Waals surface area contributed by atoms with E-state index in [9.17, 15) is 4.79 Å². The second-order valence-corrected chi connectivity index (χ2v) is 9.07. The molecule has 4 heterocycles. The number of benzene rings is 1. The van der Waals surface area contributed by atoms with E-state index in [0.29, 0.717) is 23.4 Å². The summed E-state index contributed by atoms with van der Waals surface area (Å²) in [6.45, 7) is 3.68. The zero-order valence-corrected chi connectivity index (χ0v) is 20.6. The maximum Gasteiger partial charge on any atom is 0.266 e. The van der Waals surface area contributed by atoms with Crippen molar-refractivity contribution in [3.05, 3.63) is 89.9 Å². The summed E-state index contributed by atoms with van der Waals surface area (Å²) >= 11 is 0. The van der Waals surface area contributed by atoms with Gasteiger partial charge < -0.3 is 19.9 Å². The Morgan fingerprint density at radius 1 is 1.14 bits per heavy atom. The van der Waals surface area contributed by atoms with Gasteiger partial charge in [-0.05, 0) is 44.0 Å². The number of nitrogens with zero attached hydrogens (tertiary/aromatic N) is 6. The molecule has 0 aliphatic rings. The molecule has 0 spiro atoms. The third kappa shape index (κ3) is 5.31. The molecule has 5 rings (SSSR count). The third-order valence-corrected chi connectivity index (χ3v) is 5.81. The molecule has 3 N–H and O–H groups in total. The Hall–Kier alpha value is -4.64. The van der Waals surface area contributed by atoms with Crippen molar-refractivity contribution in [2.24, 2.45) is 12.8 Å². The molecule has 37 heavy (non-hydrogen) atoms. The molecule has 11 nitrogen and oxygen atoms in total. The Bertz CT molecular complexity index is 1510. The van der Waals surface area contributed by atoms with Gasteiger partial charge in [-0.3, -0.25) is 9.48 Å². The van der Waals surface area contributed by atoms with Gasteiger partial charge in [0, 0.05) is 18.8 Å². The van der Waals surface area contributed by atoms with Crippen LogP contribution in [-0.4, -0.2) is 35.9 Å². The van der Waals surface area contributed by atoms with Crippen LogP contribution in [0.5, 0.6) is 0 Å². The zero-order chi connectivity index (χ0) is 26.0. The summed E-state index contributed by atoms with van der Waals surface area (Å²) in [4.78, 5) is 21.9. The number of carbonyl (C=O) groups excluding carboxylic acids is 1. The molecule has 0 saturated heterocycles. The van der Waals surface area contributed by atoms with E-state index in [1.54, 1.807) is 16.8 Å². The van der Waals surface area contributed by atoms with Gasteiger partial charge in [-0.25, -0.2) is 9.97 Å². The molecular weight excluding hydrogens is 472 g/mol. The number of aryl methyl sites for hydroxylation is 1. The topological polar surface area (TPSA) is 151 Å². The molecule has 0 radical (unpaired) electrons. The number of nitrogens with two attached hydrogens (primary N) is 1. The van der Waals surface area contributed by atoms with E-state index in [1.807, 2.05) is 63.5 Å². The highest BCUT2D eigenvalue weighted by molar-refractivity contribution is 5.96. The van der Waals surface area contributed by atoms with Crippen molar-refractivity contribution < 1.29 is 13.6 Å². The largest absolute Gasteiger partial charge is 0.443 e. The highest BCUT2D eigenvalue weighted by Gasteiger charge is 2.29. The van der Waals surface area contributed by atoms with Crippen molar-refractivity contribution in [3.8, 4) is 23.2 Å². The van der Waals surface area contributed by atoms with Crippen LogP contribution in [0.3, 0.4) is 0 Å². The average molecular weight is 499 g/mol. The highest BCUT2D eigenvalue weighted by atomic mass is 16.4. The van der Waals surface area contributed by atoms with Gasteiger partial charge in [0.15, 0.2) is 0 Å². The van der Waals surface area contributed by atoms with E-state index in [0.717, 1.165) is 11.3 Å². The quantitative estimate of drug-likeness (QED) is 0.328. The van der Waals surface area contributed by atoms with E-state index < -0.39 is 5.54 Å². The number of nitrogens with one attached hydrogen (secondary N) is 1. The summed E-state index contributed by atoms with van der Waals surface area (Å²) < 4.78 is 13.1. The van der Waals surface area contributed by atoms with E-state index >= 15 is 0 Å². The van der Waals surface area contributed by atoms with Gasteiger partial charge in [-0.2, -0.15) is 5.10 Å². The molecule has 0 aliphatic carbocycles. The standard InChI is InChI=1S/C26H26N8O3/c1-16(19-9-11-34(3)33-19)29-22(35)18-13-20(23-28-10-12-36-23)30-21(14-18)24-31-32-25(37-24)26(2,27)15-17-7-5-4-6-8-17/h4-14,16H,15,27H2,1-3H3,(H,29,35)/t16?,26-/m0/s1. The number of carbonyl (C=O) groups is 1. The number of hydrogen-bond acceptors (Lipinski definition) is 9. The molecule has 0 aliphatic heterocycles. The Morgan fingerprint density at radius 2 is 1.89 bits per heavy atom. The predicted octanol–water partition coefficient (Wildman–Crippen LogP) is 3.43. The molecular formula is C26H26N8O3. The highest BCUT2D eigenvalue weighted by Crippen LogP contribution is 2.27. The number of amides is 1. The lowest BCUT2D eigenvalue weighted by atomic mass is 9.94. The zero-order valence-electron chi connectivity index (χ0n) is 20.6. The van der Waals surface area contributed by atoms with Crippen LogP contribution in [0.25, 0.3) is 23.2 Å². The van der Waals surface area contributed by atoms with Crippen LogP contribution in [0.15, 0.2) is 76.0 Å². The van der Waals surface area contributed by atoms with Crippen LogP contribution in [0, 0.1) is 0 Å². The van der Waals surface area contributed by atoms with E-state index in [-0.39, 0.29) is 29.6 Å². The summed E-state index contributed by atoms with van der Waals surface area (Å²) in [5.41, 5.74) is 8.37. The smallest absolute Gasteiger partial charge is 0.266 e. The minimum Gasteiger partial charge on any atom is -0.443 e. The van der Waals surface area contributed by atoms with Crippen LogP contribution >= 0.6 is 0 Å². The summed E-state index contributed by atoms with van der Waals surface area (Å²) in [6.07, 6.45) is 5.25. The van der Waals surface area contributed by atoms with Crippen molar-refractivity contribution in [3.63, 3.8) is 0 Å². The monoisotopic (exact) mass is 498 g/mol. The van der Waals surface area contributed by atoms with Crippen molar-refractivity contribution in [2.75, 3.05) is 0 Å². The fraction of sp³-hybridized carbons (Fsp3) is 0.231. The van der Waals surface area contributed by atoms with E-state index in [1.165, 1.54) is 12.5 Å². The normalized spacial score (nSPS) is 13.7. The van der Waals surface area contributed by atoms with Crippen molar-refractivity contribution in [1.82, 2.24) is 35.3 Å². The fourth-order valence-corrected chi connectivity index (χ4v) is 3.90. The molecule has 2 atom stereocenters. The molecule has 1 unspecified atom stereocenters. The van der Waals surface area contributed by atoms with Crippen molar-refractivity contribution in [2.45, 2.75) is 31.8 Å². The molecule has 1 aromatic carbocycles. The first kappa shape index (κ1) is 24.1. The Morgan fingerprint density at radius 3 is 2.57 bits per heavy atom.